The summed E-state index contributed by atoms with van der Waals surface area (Å²) in [6, 6.07) is 16.1. The first-order valence-electron chi connectivity index (χ1n) is 7.12. The second-order valence-corrected chi connectivity index (χ2v) is 6.15. The van der Waals surface area contributed by atoms with E-state index in [0.29, 0.717) is 27.4 Å². The number of thioether (sulfide) groups is 1. The molecule has 7 heteroatoms. The van der Waals surface area contributed by atoms with E-state index >= 15 is 0 Å². The zero-order valence-electron chi connectivity index (χ0n) is 12.5. The van der Waals surface area contributed by atoms with Crippen molar-refractivity contribution in [2.24, 2.45) is 0 Å². The van der Waals surface area contributed by atoms with Crippen molar-refractivity contribution in [3.63, 3.8) is 0 Å². The number of carbonyl (C=O) groups is 1. The molecule has 0 atom stereocenters. The minimum atomic E-state index is 0.0118. The summed E-state index contributed by atoms with van der Waals surface area (Å²) in [7, 11) is 0. The Morgan fingerprint density at radius 1 is 1.08 bits per heavy atom. The topological polar surface area (TPSA) is 65.2 Å². The van der Waals surface area contributed by atoms with Gasteiger partial charge in [-0.05, 0) is 24.3 Å². The SMILES string of the molecule is O=C(CSc1nnc(COc2ccc(Cl)cc2)o1)c1ccccc1. The molecule has 3 rings (SSSR count). The van der Waals surface area contributed by atoms with Crippen LogP contribution in [0.1, 0.15) is 16.2 Å². The van der Waals surface area contributed by atoms with Crippen LogP contribution in [-0.4, -0.2) is 21.7 Å². The maximum absolute atomic E-state index is 12.0. The Hall–Kier alpha value is -2.31. The van der Waals surface area contributed by atoms with Crippen molar-refractivity contribution < 1.29 is 13.9 Å². The smallest absolute Gasteiger partial charge is 0.277 e. The van der Waals surface area contributed by atoms with Gasteiger partial charge in [0.1, 0.15) is 5.75 Å². The summed E-state index contributed by atoms with van der Waals surface area (Å²) in [6.45, 7) is 0.155. The Labute approximate surface area is 148 Å². The molecule has 0 aliphatic carbocycles. The maximum atomic E-state index is 12.0. The van der Waals surface area contributed by atoms with Crippen molar-refractivity contribution in [1.82, 2.24) is 10.2 Å². The zero-order valence-corrected chi connectivity index (χ0v) is 14.1. The van der Waals surface area contributed by atoms with Gasteiger partial charge in [-0.1, -0.05) is 53.7 Å². The average molecular weight is 361 g/mol. The fourth-order valence-corrected chi connectivity index (χ4v) is 2.67. The molecule has 2 aromatic carbocycles. The van der Waals surface area contributed by atoms with Gasteiger partial charge in [0.15, 0.2) is 12.4 Å². The molecular weight excluding hydrogens is 348 g/mol. The minimum Gasteiger partial charge on any atom is -0.484 e. The highest BCUT2D eigenvalue weighted by molar-refractivity contribution is 7.99. The summed E-state index contributed by atoms with van der Waals surface area (Å²) in [5, 5.41) is 8.78. The number of aromatic nitrogens is 2. The van der Waals surface area contributed by atoms with E-state index in [-0.39, 0.29) is 18.1 Å². The number of hydrogen-bond donors (Lipinski definition) is 0. The highest BCUT2D eigenvalue weighted by atomic mass is 35.5. The van der Waals surface area contributed by atoms with Crippen molar-refractivity contribution >= 4 is 29.1 Å². The fourth-order valence-electron chi connectivity index (χ4n) is 1.87. The Balaban J connectivity index is 1.50. The molecule has 24 heavy (non-hydrogen) atoms. The van der Waals surface area contributed by atoms with Crippen LogP contribution in [0.5, 0.6) is 5.75 Å². The van der Waals surface area contributed by atoms with E-state index < -0.39 is 0 Å². The average Bonchev–Trinajstić information content (AvgIpc) is 3.08. The van der Waals surface area contributed by atoms with Crippen molar-refractivity contribution in [3.05, 3.63) is 71.1 Å². The highest BCUT2D eigenvalue weighted by Gasteiger charge is 2.11. The first kappa shape index (κ1) is 16.5. The predicted molar refractivity (Wildman–Crippen MR) is 91.6 cm³/mol. The third-order valence-electron chi connectivity index (χ3n) is 3.05. The largest absolute Gasteiger partial charge is 0.484 e. The van der Waals surface area contributed by atoms with Crippen molar-refractivity contribution in [2.75, 3.05) is 5.75 Å². The molecule has 0 saturated heterocycles. The molecule has 0 unspecified atom stereocenters. The Bertz CT molecular complexity index is 806. The van der Waals surface area contributed by atoms with Crippen LogP contribution in [0.15, 0.2) is 64.2 Å². The Kier molecular flexibility index (Phi) is 5.51. The lowest BCUT2D eigenvalue weighted by atomic mass is 10.2. The van der Waals surface area contributed by atoms with E-state index in [4.69, 9.17) is 20.8 Å². The number of halogens is 1. The van der Waals surface area contributed by atoms with Gasteiger partial charge in [-0.2, -0.15) is 0 Å². The van der Waals surface area contributed by atoms with Crippen LogP contribution in [0.2, 0.25) is 5.02 Å². The summed E-state index contributed by atoms with van der Waals surface area (Å²) in [5.74, 6) is 1.26. The van der Waals surface area contributed by atoms with Crippen molar-refractivity contribution in [2.45, 2.75) is 11.8 Å². The Morgan fingerprint density at radius 2 is 1.83 bits per heavy atom. The van der Waals surface area contributed by atoms with E-state index in [1.165, 1.54) is 11.8 Å². The molecular formula is C17H13ClN2O3S. The summed E-state index contributed by atoms with van der Waals surface area (Å²) in [4.78, 5) is 12.0. The second kappa shape index (κ2) is 7.99. The predicted octanol–water partition coefficient (Wildman–Crippen LogP) is 4.28. The summed E-state index contributed by atoms with van der Waals surface area (Å²) in [6.07, 6.45) is 0. The Morgan fingerprint density at radius 3 is 2.58 bits per heavy atom. The molecule has 0 aliphatic heterocycles. The summed E-state index contributed by atoms with van der Waals surface area (Å²) < 4.78 is 11.0. The van der Waals surface area contributed by atoms with Crippen LogP contribution < -0.4 is 4.74 Å². The van der Waals surface area contributed by atoms with Gasteiger partial charge in [-0.15, -0.1) is 10.2 Å². The number of carbonyl (C=O) groups excluding carboxylic acids is 1. The monoisotopic (exact) mass is 360 g/mol. The van der Waals surface area contributed by atoms with Gasteiger partial charge in [0.2, 0.25) is 0 Å². The highest BCUT2D eigenvalue weighted by Crippen LogP contribution is 2.20. The normalized spacial score (nSPS) is 10.5. The van der Waals surface area contributed by atoms with Crippen LogP contribution in [0, 0.1) is 0 Å². The molecule has 0 aliphatic rings. The number of hydrogen-bond acceptors (Lipinski definition) is 6. The van der Waals surface area contributed by atoms with Crippen LogP contribution in [0.3, 0.4) is 0 Å². The fraction of sp³-hybridized carbons (Fsp3) is 0.118. The first-order valence-corrected chi connectivity index (χ1v) is 8.49. The van der Waals surface area contributed by atoms with Gasteiger partial charge >= 0.3 is 0 Å². The zero-order chi connectivity index (χ0) is 16.8. The van der Waals surface area contributed by atoms with E-state index in [0.717, 1.165) is 0 Å². The van der Waals surface area contributed by atoms with E-state index in [2.05, 4.69) is 10.2 Å². The molecule has 1 aromatic heterocycles. The van der Waals surface area contributed by atoms with Crippen LogP contribution >= 0.6 is 23.4 Å². The molecule has 0 amide bonds. The van der Waals surface area contributed by atoms with Crippen molar-refractivity contribution in [1.29, 1.82) is 0 Å². The number of Topliss-reactive ketones (excluding diaryl/α,β-unsaturated/α-hetero) is 1. The summed E-state index contributed by atoms with van der Waals surface area (Å²) in [5.41, 5.74) is 0.663. The standard InChI is InChI=1S/C17H13ClN2O3S/c18-13-6-8-14(9-7-13)22-10-16-19-20-17(23-16)24-11-15(21)12-4-2-1-3-5-12/h1-9H,10-11H2. The molecule has 0 bridgehead atoms. The maximum Gasteiger partial charge on any atom is 0.277 e. The second-order valence-electron chi connectivity index (χ2n) is 4.78. The first-order chi connectivity index (χ1) is 11.7. The number of benzene rings is 2. The van der Waals surface area contributed by atoms with E-state index in [9.17, 15) is 4.79 Å². The van der Waals surface area contributed by atoms with Gasteiger partial charge in [0.25, 0.3) is 11.1 Å². The number of rotatable bonds is 7. The molecule has 122 valence electrons. The van der Waals surface area contributed by atoms with Crippen LogP contribution in [0.4, 0.5) is 0 Å². The molecule has 0 fully saturated rings. The molecule has 1 heterocycles. The molecule has 0 saturated carbocycles. The number of ether oxygens (including phenoxy) is 1. The van der Waals surface area contributed by atoms with E-state index in [1.54, 1.807) is 36.4 Å². The summed E-state index contributed by atoms with van der Waals surface area (Å²) >= 11 is 7.02. The number of ketones is 1. The van der Waals surface area contributed by atoms with Gasteiger partial charge in [0.05, 0.1) is 5.75 Å². The number of nitrogens with zero attached hydrogens (tertiary/aromatic N) is 2. The third-order valence-corrected chi connectivity index (χ3v) is 4.12. The molecule has 0 spiro atoms. The van der Waals surface area contributed by atoms with Gasteiger partial charge in [-0.25, -0.2) is 0 Å². The minimum absolute atomic E-state index is 0.0118. The van der Waals surface area contributed by atoms with Crippen molar-refractivity contribution in [3.8, 4) is 5.75 Å². The lowest BCUT2D eigenvalue weighted by Gasteiger charge is -2.02. The lowest BCUT2D eigenvalue weighted by Crippen LogP contribution is -2.01. The quantitative estimate of drug-likeness (QED) is 0.463. The molecule has 0 radical (unpaired) electrons. The lowest BCUT2D eigenvalue weighted by molar-refractivity contribution is 0.102. The molecule has 5 nitrogen and oxygen atoms in total. The van der Waals surface area contributed by atoms with Gasteiger partial charge in [-0.3, -0.25) is 4.79 Å². The molecule has 0 N–H and O–H groups in total. The van der Waals surface area contributed by atoms with E-state index in [1.807, 2.05) is 18.2 Å². The molecule has 3 aromatic rings. The van der Waals surface area contributed by atoms with Gasteiger partial charge < -0.3 is 9.15 Å². The third kappa shape index (κ3) is 4.59. The van der Waals surface area contributed by atoms with Crippen LogP contribution in [0.25, 0.3) is 0 Å². The van der Waals surface area contributed by atoms with Gasteiger partial charge in [0, 0.05) is 10.6 Å². The van der Waals surface area contributed by atoms with Crippen LogP contribution in [-0.2, 0) is 6.61 Å².